The van der Waals surface area contributed by atoms with E-state index in [2.05, 4.69) is 10.3 Å². The molecule has 1 saturated carbocycles. The standard InChI is InChI=1S/C23H27N3O2/c1-17-9-12-24-16-20(17)22(28)26-13-10-23(11-14-26,15-18-7-8-18)25-21(27)19-5-3-2-4-6-19/h2-6,9,12,16,18H,7-8,10-11,13-15H2,1H3,(H,25,27). The Kier molecular flexibility index (Phi) is 5.16. The van der Waals surface area contributed by atoms with E-state index in [0.29, 0.717) is 30.1 Å². The number of likely N-dealkylation sites (tertiary alicyclic amines) is 1. The van der Waals surface area contributed by atoms with Crippen molar-refractivity contribution in [1.29, 1.82) is 0 Å². The maximum atomic E-state index is 12.9. The molecule has 0 atom stereocenters. The van der Waals surface area contributed by atoms with Gasteiger partial charge in [0.15, 0.2) is 0 Å². The van der Waals surface area contributed by atoms with Crippen molar-refractivity contribution in [2.24, 2.45) is 5.92 Å². The van der Waals surface area contributed by atoms with Crippen LogP contribution in [0.25, 0.3) is 0 Å². The zero-order valence-electron chi connectivity index (χ0n) is 16.4. The van der Waals surface area contributed by atoms with Crippen LogP contribution in [0.3, 0.4) is 0 Å². The second-order valence-electron chi connectivity index (χ2n) is 8.23. The van der Waals surface area contributed by atoms with Crippen molar-refractivity contribution < 1.29 is 9.59 Å². The maximum absolute atomic E-state index is 12.9. The van der Waals surface area contributed by atoms with Gasteiger partial charge in [-0.15, -0.1) is 0 Å². The Labute approximate surface area is 166 Å². The normalized spacial score (nSPS) is 18.5. The highest BCUT2D eigenvalue weighted by molar-refractivity contribution is 5.96. The number of piperidine rings is 1. The predicted molar refractivity (Wildman–Crippen MR) is 108 cm³/mol. The van der Waals surface area contributed by atoms with Gasteiger partial charge in [0.2, 0.25) is 0 Å². The van der Waals surface area contributed by atoms with Crippen molar-refractivity contribution in [3.8, 4) is 0 Å². The van der Waals surface area contributed by atoms with Gasteiger partial charge in [0.1, 0.15) is 0 Å². The fourth-order valence-electron chi connectivity index (χ4n) is 4.15. The van der Waals surface area contributed by atoms with Crippen LogP contribution in [0.15, 0.2) is 48.8 Å². The summed E-state index contributed by atoms with van der Waals surface area (Å²) in [4.78, 5) is 31.7. The lowest BCUT2D eigenvalue weighted by Gasteiger charge is -2.43. The number of pyridine rings is 1. The molecule has 1 N–H and O–H groups in total. The molecule has 0 radical (unpaired) electrons. The van der Waals surface area contributed by atoms with E-state index < -0.39 is 0 Å². The van der Waals surface area contributed by atoms with Crippen LogP contribution < -0.4 is 5.32 Å². The van der Waals surface area contributed by atoms with Gasteiger partial charge in [0.25, 0.3) is 11.8 Å². The third-order valence-corrected chi connectivity index (χ3v) is 6.07. The molecule has 2 amide bonds. The maximum Gasteiger partial charge on any atom is 0.255 e. The van der Waals surface area contributed by atoms with Gasteiger partial charge in [-0.2, -0.15) is 0 Å². The number of rotatable bonds is 5. The first-order valence-corrected chi connectivity index (χ1v) is 10.1. The van der Waals surface area contributed by atoms with Gasteiger partial charge in [-0.25, -0.2) is 0 Å². The average Bonchev–Trinajstić information content (AvgIpc) is 3.53. The molecule has 2 heterocycles. The molecule has 1 aromatic carbocycles. The molecule has 5 heteroatoms. The van der Waals surface area contributed by atoms with Crippen molar-refractivity contribution in [2.45, 2.75) is 44.6 Å². The third kappa shape index (κ3) is 4.08. The smallest absolute Gasteiger partial charge is 0.255 e. The molecule has 2 fully saturated rings. The predicted octanol–water partition coefficient (Wildman–Crippen LogP) is 3.59. The summed E-state index contributed by atoms with van der Waals surface area (Å²) in [5.41, 5.74) is 2.11. The minimum atomic E-state index is -0.213. The Morgan fingerprint density at radius 1 is 1.14 bits per heavy atom. The topological polar surface area (TPSA) is 62.3 Å². The van der Waals surface area contributed by atoms with E-state index in [1.54, 1.807) is 12.4 Å². The van der Waals surface area contributed by atoms with E-state index in [1.807, 2.05) is 48.2 Å². The Balaban J connectivity index is 1.46. The summed E-state index contributed by atoms with van der Waals surface area (Å²) in [6.45, 7) is 3.26. The van der Waals surface area contributed by atoms with Gasteiger partial charge >= 0.3 is 0 Å². The molecule has 1 aromatic heterocycles. The highest BCUT2D eigenvalue weighted by Crippen LogP contribution is 2.41. The SMILES string of the molecule is Cc1ccncc1C(=O)N1CCC(CC2CC2)(NC(=O)c2ccccc2)CC1. The van der Waals surface area contributed by atoms with E-state index in [0.717, 1.165) is 24.8 Å². The number of nitrogens with one attached hydrogen (secondary N) is 1. The van der Waals surface area contributed by atoms with Gasteiger partial charge < -0.3 is 10.2 Å². The number of hydrogen-bond acceptors (Lipinski definition) is 3. The first-order valence-electron chi connectivity index (χ1n) is 10.1. The Hall–Kier alpha value is -2.69. The lowest BCUT2D eigenvalue weighted by atomic mass is 9.82. The van der Waals surface area contributed by atoms with Crippen molar-refractivity contribution in [3.05, 3.63) is 65.5 Å². The summed E-state index contributed by atoms with van der Waals surface area (Å²) in [6, 6.07) is 11.3. The van der Waals surface area contributed by atoms with Crippen LogP contribution in [0, 0.1) is 12.8 Å². The second kappa shape index (κ2) is 7.74. The number of carbonyl (C=O) groups is 2. The van der Waals surface area contributed by atoms with Crippen LogP contribution in [0.2, 0.25) is 0 Å². The van der Waals surface area contributed by atoms with Crippen LogP contribution in [0.4, 0.5) is 0 Å². The average molecular weight is 377 g/mol. The minimum Gasteiger partial charge on any atom is -0.346 e. The van der Waals surface area contributed by atoms with Crippen LogP contribution >= 0.6 is 0 Å². The third-order valence-electron chi connectivity index (χ3n) is 6.07. The molecular weight excluding hydrogens is 350 g/mol. The first-order chi connectivity index (χ1) is 13.6. The fraction of sp³-hybridized carbons (Fsp3) is 0.435. The molecule has 146 valence electrons. The Morgan fingerprint density at radius 3 is 2.50 bits per heavy atom. The van der Waals surface area contributed by atoms with Gasteiger partial charge in [0, 0.05) is 36.6 Å². The second-order valence-corrected chi connectivity index (χ2v) is 8.23. The minimum absolute atomic E-state index is 0.0101. The molecule has 2 aromatic rings. The number of carbonyl (C=O) groups excluding carboxylic acids is 2. The van der Waals surface area contributed by atoms with Crippen LogP contribution in [-0.4, -0.2) is 40.3 Å². The van der Waals surface area contributed by atoms with Crippen LogP contribution in [-0.2, 0) is 0 Å². The summed E-state index contributed by atoms with van der Waals surface area (Å²) in [5.74, 6) is 0.739. The highest BCUT2D eigenvalue weighted by Gasteiger charge is 2.41. The quantitative estimate of drug-likeness (QED) is 0.866. The van der Waals surface area contributed by atoms with Crippen molar-refractivity contribution >= 4 is 11.8 Å². The molecule has 0 spiro atoms. The molecule has 1 saturated heterocycles. The molecule has 0 unspecified atom stereocenters. The van der Waals surface area contributed by atoms with Crippen molar-refractivity contribution in [2.75, 3.05) is 13.1 Å². The Morgan fingerprint density at radius 2 is 1.86 bits per heavy atom. The van der Waals surface area contributed by atoms with E-state index in [1.165, 1.54) is 12.8 Å². The van der Waals surface area contributed by atoms with Crippen LogP contribution in [0.1, 0.15) is 58.4 Å². The molecule has 1 aliphatic carbocycles. The summed E-state index contributed by atoms with van der Waals surface area (Å²) in [5, 5.41) is 3.34. The lowest BCUT2D eigenvalue weighted by Crippen LogP contribution is -2.56. The van der Waals surface area contributed by atoms with Gasteiger partial charge in [-0.1, -0.05) is 31.0 Å². The number of amides is 2. The van der Waals surface area contributed by atoms with Gasteiger partial charge in [-0.05, 0) is 55.9 Å². The number of nitrogens with zero attached hydrogens (tertiary/aromatic N) is 2. The number of benzene rings is 1. The number of hydrogen-bond donors (Lipinski definition) is 1. The van der Waals surface area contributed by atoms with E-state index in [4.69, 9.17) is 0 Å². The monoisotopic (exact) mass is 377 g/mol. The van der Waals surface area contributed by atoms with Crippen LogP contribution in [0.5, 0.6) is 0 Å². The largest absolute Gasteiger partial charge is 0.346 e. The van der Waals surface area contributed by atoms with E-state index in [-0.39, 0.29) is 17.4 Å². The number of aryl methyl sites for hydroxylation is 1. The Bertz CT molecular complexity index is 853. The highest BCUT2D eigenvalue weighted by atomic mass is 16.2. The molecule has 4 rings (SSSR count). The summed E-state index contributed by atoms with van der Waals surface area (Å²) in [7, 11) is 0. The molecule has 1 aliphatic heterocycles. The molecule has 0 bridgehead atoms. The lowest BCUT2D eigenvalue weighted by molar-refractivity contribution is 0.0599. The van der Waals surface area contributed by atoms with E-state index in [9.17, 15) is 9.59 Å². The molecule has 5 nitrogen and oxygen atoms in total. The summed E-state index contributed by atoms with van der Waals surface area (Å²) in [6.07, 6.45) is 8.48. The first kappa shape index (κ1) is 18.7. The zero-order valence-corrected chi connectivity index (χ0v) is 16.4. The van der Waals surface area contributed by atoms with E-state index >= 15 is 0 Å². The van der Waals surface area contributed by atoms with Gasteiger partial charge in [0.05, 0.1) is 5.56 Å². The molecule has 28 heavy (non-hydrogen) atoms. The van der Waals surface area contributed by atoms with Crippen molar-refractivity contribution in [1.82, 2.24) is 15.2 Å². The molecular formula is C23H27N3O2. The zero-order chi connectivity index (χ0) is 19.6. The summed E-state index contributed by atoms with van der Waals surface area (Å²) >= 11 is 0. The fourth-order valence-corrected chi connectivity index (χ4v) is 4.15. The summed E-state index contributed by atoms with van der Waals surface area (Å²) < 4.78 is 0. The number of aromatic nitrogens is 1. The van der Waals surface area contributed by atoms with Crippen molar-refractivity contribution in [3.63, 3.8) is 0 Å². The van der Waals surface area contributed by atoms with Gasteiger partial charge in [-0.3, -0.25) is 14.6 Å². The molecule has 2 aliphatic rings.